The topological polar surface area (TPSA) is 194 Å². The van der Waals surface area contributed by atoms with E-state index in [9.17, 15) is 9.59 Å². The fraction of sp³-hybridized carbons (Fsp3) is 0.333. The quantitative estimate of drug-likeness (QED) is 0.0861. The molecule has 1 aliphatic rings. The number of ether oxygens (including phenoxy) is 3. The van der Waals surface area contributed by atoms with E-state index in [1.807, 2.05) is 20.8 Å². The number of benzene rings is 3. The van der Waals surface area contributed by atoms with Crippen molar-refractivity contribution in [1.29, 1.82) is 0 Å². The molecule has 0 atom stereocenters. The van der Waals surface area contributed by atoms with Gasteiger partial charge in [-0.2, -0.15) is 0 Å². The minimum absolute atomic E-state index is 0.0315. The summed E-state index contributed by atoms with van der Waals surface area (Å²) >= 11 is 0. The van der Waals surface area contributed by atoms with Gasteiger partial charge in [0.25, 0.3) is 5.91 Å². The fourth-order valence-electron chi connectivity index (χ4n) is 4.89. The molecular formula is C33H40N6O7. The van der Waals surface area contributed by atoms with Crippen LogP contribution in [0, 0.1) is 5.92 Å². The molecule has 13 nitrogen and oxygen atoms in total. The number of carbonyl (C=O) groups excluding carboxylic acids is 2. The van der Waals surface area contributed by atoms with Crippen LogP contribution in [0.1, 0.15) is 61.5 Å². The highest BCUT2D eigenvalue weighted by Crippen LogP contribution is 2.32. The molecule has 2 amide bonds. The van der Waals surface area contributed by atoms with Gasteiger partial charge in [0.05, 0.1) is 0 Å². The minimum Gasteiger partial charge on any atom is -0.457 e. The predicted octanol–water partition coefficient (Wildman–Crippen LogP) is 5.23. The van der Waals surface area contributed by atoms with Crippen LogP contribution in [0.25, 0.3) is 0 Å². The summed E-state index contributed by atoms with van der Waals surface area (Å²) in [6, 6.07) is 18.2. The number of nitrogens with one attached hydrogen (secondary N) is 1. The van der Waals surface area contributed by atoms with Crippen LogP contribution in [-0.4, -0.2) is 64.2 Å². The second kappa shape index (κ2) is 15.0. The van der Waals surface area contributed by atoms with Gasteiger partial charge in [0, 0.05) is 42.4 Å². The van der Waals surface area contributed by atoms with Gasteiger partial charge in [-0.1, -0.05) is 10.3 Å². The Balaban J connectivity index is 1.47. The van der Waals surface area contributed by atoms with Crippen molar-refractivity contribution in [2.45, 2.75) is 45.6 Å². The van der Waals surface area contributed by atoms with Gasteiger partial charge in [-0.3, -0.25) is 4.79 Å². The molecule has 0 aromatic heterocycles. The van der Waals surface area contributed by atoms with Crippen LogP contribution in [0.2, 0.25) is 0 Å². The third-order valence-electron chi connectivity index (χ3n) is 7.24. The number of amidine groups is 2. The SMILES string of the molecule is CC(C)(C)OC(=O)NCCC1CCN(C(=O)c2cc(Oc3ccc(C(N)=NO)cc3)cc(Oc3ccc(C(N)=NO)cc3)c2)CC1. The Morgan fingerprint density at radius 3 is 1.72 bits per heavy atom. The third-order valence-corrected chi connectivity index (χ3v) is 7.24. The van der Waals surface area contributed by atoms with Crippen LogP contribution in [0.3, 0.4) is 0 Å². The number of oxime groups is 2. The lowest BCUT2D eigenvalue weighted by molar-refractivity contribution is 0.0522. The maximum Gasteiger partial charge on any atom is 0.407 e. The Morgan fingerprint density at radius 1 is 0.804 bits per heavy atom. The molecular weight excluding hydrogens is 592 g/mol. The number of nitrogens with two attached hydrogens (primary N) is 2. The van der Waals surface area contributed by atoms with E-state index in [2.05, 4.69) is 15.6 Å². The molecule has 7 N–H and O–H groups in total. The Labute approximate surface area is 267 Å². The lowest BCUT2D eigenvalue weighted by atomic mass is 9.93. The third kappa shape index (κ3) is 9.52. The Hall–Kier alpha value is -5.46. The van der Waals surface area contributed by atoms with Crippen LogP contribution in [0.15, 0.2) is 77.0 Å². The van der Waals surface area contributed by atoms with Crippen molar-refractivity contribution >= 4 is 23.7 Å². The highest BCUT2D eigenvalue weighted by Gasteiger charge is 2.25. The number of amides is 2. The average molecular weight is 633 g/mol. The molecule has 244 valence electrons. The van der Waals surface area contributed by atoms with E-state index in [0.29, 0.717) is 65.2 Å². The normalized spacial score (nSPS) is 14.5. The fourth-order valence-corrected chi connectivity index (χ4v) is 4.89. The second-order valence-electron chi connectivity index (χ2n) is 11.9. The van der Waals surface area contributed by atoms with E-state index in [-0.39, 0.29) is 17.6 Å². The Morgan fingerprint density at radius 2 is 1.28 bits per heavy atom. The number of alkyl carbamates (subject to hydrolysis) is 1. The Kier molecular flexibility index (Phi) is 10.9. The van der Waals surface area contributed by atoms with Crippen LogP contribution >= 0.6 is 0 Å². The highest BCUT2D eigenvalue weighted by molar-refractivity contribution is 5.97. The monoisotopic (exact) mass is 632 g/mol. The maximum absolute atomic E-state index is 13.7. The summed E-state index contributed by atoms with van der Waals surface area (Å²) in [5.74, 6) is 1.82. The van der Waals surface area contributed by atoms with Crippen LogP contribution in [0.4, 0.5) is 4.79 Å². The van der Waals surface area contributed by atoms with Crippen molar-refractivity contribution in [3.8, 4) is 23.0 Å². The van der Waals surface area contributed by atoms with Crippen molar-refractivity contribution in [3.63, 3.8) is 0 Å². The summed E-state index contributed by atoms with van der Waals surface area (Å²) in [6.07, 6.45) is 1.98. The summed E-state index contributed by atoms with van der Waals surface area (Å²) in [6.45, 7) is 7.12. The van der Waals surface area contributed by atoms with Gasteiger partial charge in [0.2, 0.25) is 0 Å². The van der Waals surface area contributed by atoms with Crippen molar-refractivity contribution in [3.05, 3.63) is 83.4 Å². The first-order valence-corrected chi connectivity index (χ1v) is 14.9. The first-order chi connectivity index (χ1) is 21.9. The second-order valence-corrected chi connectivity index (χ2v) is 11.9. The summed E-state index contributed by atoms with van der Waals surface area (Å²) in [7, 11) is 0. The largest absolute Gasteiger partial charge is 0.457 e. The first kappa shape index (κ1) is 33.4. The molecule has 0 bridgehead atoms. The van der Waals surface area contributed by atoms with E-state index < -0.39 is 11.7 Å². The van der Waals surface area contributed by atoms with Crippen LogP contribution < -0.4 is 26.3 Å². The van der Waals surface area contributed by atoms with Gasteiger partial charge >= 0.3 is 6.09 Å². The predicted molar refractivity (Wildman–Crippen MR) is 172 cm³/mol. The smallest absolute Gasteiger partial charge is 0.407 e. The summed E-state index contributed by atoms with van der Waals surface area (Å²) in [5.41, 5.74) is 12.2. The molecule has 0 radical (unpaired) electrons. The molecule has 3 aromatic carbocycles. The van der Waals surface area contributed by atoms with Crippen molar-refractivity contribution in [2.24, 2.45) is 27.7 Å². The molecule has 0 saturated carbocycles. The number of carbonyl (C=O) groups is 2. The molecule has 13 heteroatoms. The molecule has 4 rings (SSSR count). The summed E-state index contributed by atoms with van der Waals surface area (Å²) < 4.78 is 17.5. The van der Waals surface area contributed by atoms with Gasteiger partial charge in [0.15, 0.2) is 11.7 Å². The van der Waals surface area contributed by atoms with Gasteiger partial charge in [0.1, 0.15) is 28.6 Å². The van der Waals surface area contributed by atoms with Crippen molar-refractivity contribution in [1.82, 2.24) is 10.2 Å². The maximum atomic E-state index is 13.7. The Bertz CT molecular complexity index is 1480. The molecule has 0 unspecified atom stereocenters. The zero-order chi connectivity index (χ0) is 33.3. The van der Waals surface area contributed by atoms with E-state index in [0.717, 1.165) is 19.3 Å². The number of piperidine rings is 1. The van der Waals surface area contributed by atoms with Gasteiger partial charge in [-0.05, 0) is 107 Å². The van der Waals surface area contributed by atoms with Gasteiger partial charge in [-0.25, -0.2) is 4.79 Å². The molecule has 0 spiro atoms. The van der Waals surface area contributed by atoms with Crippen molar-refractivity contribution in [2.75, 3.05) is 19.6 Å². The number of hydrogen-bond acceptors (Lipinski definition) is 9. The van der Waals surface area contributed by atoms with Crippen molar-refractivity contribution < 1.29 is 34.2 Å². The summed E-state index contributed by atoms with van der Waals surface area (Å²) in [4.78, 5) is 27.4. The number of hydrogen-bond donors (Lipinski definition) is 5. The zero-order valence-corrected chi connectivity index (χ0v) is 26.1. The molecule has 0 aliphatic carbocycles. The number of rotatable bonds is 10. The molecule has 46 heavy (non-hydrogen) atoms. The molecule has 1 fully saturated rings. The van der Waals surface area contributed by atoms with Gasteiger partial charge in [-0.15, -0.1) is 0 Å². The van der Waals surface area contributed by atoms with Crippen LogP contribution in [-0.2, 0) is 4.74 Å². The molecule has 1 saturated heterocycles. The first-order valence-electron chi connectivity index (χ1n) is 14.9. The highest BCUT2D eigenvalue weighted by atomic mass is 16.6. The lowest BCUT2D eigenvalue weighted by Gasteiger charge is -2.32. The number of likely N-dealkylation sites (tertiary alicyclic amines) is 1. The van der Waals surface area contributed by atoms with Gasteiger partial charge < -0.3 is 46.3 Å². The van der Waals surface area contributed by atoms with E-state index >= 15 is 0 Å². The molecule has 1 aliphatic heterocycles. The summed E-state index contributed by atoms with van der Waals surface area (Å²) in [5, 5.41) is 26.7. The minimum atomic E-state index is -0.549. The average Bonchev–Trinajstić information content (AvgIpc) is 3.03. The zero-order valence-electron chi connectivity index (χ0n) is 26.1. The standard InChI is InChI=1S/C33H40N6O7/c1-33(2,3)46-32(41)36-15-12-21-13-16-39(17-14-21)31(40)24-18-27(44-25-8-4-22(5-9-25)29(34)37-42)20-28(19-24)45-26-10-6-23(7-11-26)30(35)38-43/h4-11,18-21,42-43H,12-17H2,1-3H3,(H2,34,37)(H2,35,38)(H,36,41). The van der Waals surface area contributed by atoms with E-state index in [1.54, 1.807) is 71.6 Å². The number of nitrogens with zero attached hydrogens (tertiary/aromatic N) is 3. The molecule has 3 aromatic rings. The van der Waals surface area contributed by atoms with E-state index in [1.165, 1.54) is 0 Å². The molecule has 1 heterocycles. The van der Waals surface area contributed by atoms with E-state index in [4.69, 9.17) is 36.1 Å². The lowest BCUT2D eigenvalue weighted by Crippen LogP contribution is -2.39. The van der Waals surface area contributed by atoms with Crippen LogP contribution in [0.5, 0.6) is 23.0 Å².